The van der Waals surface area contributed by atoms with Crippen LogP contribution in [0.15, 0.2) is 176 Å². The minimum Gasteiger partial charge on any atom is -0.464 e. The third kappa shape index (κ3) is 6.05. The lowest BCUT2D eigenvalue weighted by molar-refractivity contribution is 0.517. The number of hydrogen-bond donors (Lipinski definition) is 0. The maximum absolute atomic E-state index is 7.18. The summed E-state index contributed by atoms with van der Waals surface area (Å²) in [4.78, 5) is 0. The van der Waals surface area contributed by atoms with E-state index in [0.717, 1.165) is 65.9 Å². The molecule has 47 heavy (non-hydrogen) atoms. The molecule has 0 fully saturated rings. The van der Waals surface area contributed by atoms with Crippen molar-refractivity contribution in [3.8, 4) is 28.4 Å². The van der Waals surface area contributed by atoms with E-state index in [9.17, 15) is 0 Å². The minimum atomic E-state index is -1.16. The molecule has 8 rings (SSSR count). The number of benzene rings is 8. The zero-order chi connectivity index (χ0) is 31.4. The molecule has 0 bridgehead atoms. The highest BCUT2D eigenvalue weighted by molar-refractivity contribution is 7.68. The Hall–Kier alpha value is -5.20. The average Bonchev–Trinajstić information content (AvgIpc) is 3.14. The first kappa shape index (κ1) is 29.2. The van der Waals surface area contributed by atoms with Crippen LogP contribution in [0.1, 0.15) is 0 Å². The lowest BCUT2D eigenvalue weighted by Gasteiger charge is -2.24. The first-order chi connectivity index (χ1) is 23.3. The molecule has 5 heteroatoms. The Morgan fingerprint density at radius 2 is 0.872 bits per heavy atom. The molecule has 0 aromatic heterocycles. The van der Waals surface area contributed by atoms with Gasteiger partial charge in [-0.15, -0.1) is 0 Å². The lowest BCUT2D eigenvalue weighted by Crippen LogP contribution is -2.15. The summed E-state index contributed by atoms with van der Waals surface area (Å²) in [5.41, 5.74) is 1.99. The monoisotopic (exact) mass is 644 g/mol. The fraction of sp³-hybridized carbons (Fsp3) is 0. The topological polar surface area (TPSA) is 27.7 Å². The molecule has 3 nitrogen and oxygen atoms in total. The van der Waals surface area contributed by atoms with E-state index >= 15 is 0 Å². The molecular weight excluding hydrogens is 614 g/mol. The molecule has 0 aliphatic carbocycles. The second-order valence-electron chi connectivity index (χ2n) is 11.2. The van der Waals surface area contributed by atoms with Gasteiger partial charge in [0.1, 0.15) is 17.2 Å². The van der Waals surface area contributed by atoms with Gasteiger partial charge in [-0.3, -0.25) is 0 Å². The van der Waals surface area contributed by atoms with Crippen LogP contribution in [0.4, 0.5) is 0 Å². The van der Waals surface area contributed by atoms with E-state index in [0.29, 0.717) is 0 Å². The van der Waals surface area contributed by atoms with Crippen LogP contribution < -0.4 is 24.2 Å². The van der Waals surface area contributed by atoms with E-state index in [-0.39, 0.29) is 9.03 Å². The van der Waals surface area contributed by atoms with Crippen LogP contribution in [0.3, 0.4) is 0 Å². The fourth-order valence-corrected chi connectivity index (χ4v) is 8.27. The number of hydrogen-bond acceptors (Lipinski definition) is 3. The van der Waals surface area contributed by atoms with Crippen molar-refractivity contribution in [1.82, 2.24) is 0 Å². The Bertz CT molecular complexity index is 2280. The molecule has 0 aliphatic rings. The van der Waals surface area contributed by atoms with E-state index in [4.69, 9.17) is 13.6 Å². The quantitative estimate of drug-likeness (QED) is 0.146. The number of fused-ring (bicyclic) bond motifs is 3. The molecule has 226 valence electrons. The van der Waals surface area contributed by atoms with Gasteiger partial charge >= 0.3 is 0 Å². The molecule has 1 unspecified atom stereocenters. The summed E-state index contributed by atoms with van der Waals surface area (Å²) in [5.74, 6) is 2.32. The summed E-state index contributed by atoms with van der Waals surface area (Å²) in [7, 11) is -1.40. The molecule has 1 atom stereocenters. The van der Waals surface area contributed by atoms with Crippen molar-refractivity contribution in [3.05, 3.63) is 176 Å². The summed E-state index contributed by atoms with van der Waals surface area (Å²) in [6, 6.07) is 60.7. The van der Waals surface area contributed by atoms with Gasteiger partial charge in [0.15, 0.2) is 8.15 Å². The van der Waals surface area contributed by atoms with Crippen molar-refractivity contribution in [2.24, 2.45) is 0 Å². The SMILES string of the molecule is c1ccc(P(Oc2ccc3ccccc3c2-c2c(OPOc3ccc4ccccc4c3)ccc3ccccc23)c2ccccc2)cc1. The van der Waals surface area contributed by atoms with Gasteiger partial charge in [0, 0.05) is 21.7 Å². The zero-order valence-electron chi connectivity index (χ0n) is 25.4. The van der Waals surface area contributed by atoms with E-state index in [2.05, 4.69) is 146 Å². The van der Waals surface area contributed by atoms with Crippen LogP contribution in [-0.4, -0.2) is 0 Å². The fourth-order valence-electron chi connectivity index (χ4n) is 6.00. The van der Waals surface area contributed by atoms with Crippen LogP contribution in [0.2, 0.25) is 0 Å². The van der Waals surface area contributed by atoms with Gasteiger partial charge in [-0.2, -0.15) is 0 Å². The van der Waals surface area contributed by atoms with Crippen molar-refractivity contribution in [2.75, 3.05) is 0 Å². The second kappa shape index (κ2) is 13.3. The third-order valence-electron chi connectivity index (χ3n) is 8.23. The predicted molar refractivity (Wildman–Crippen MR) is 200 cm³/mol. The highest BCUT2D eigenvalue weighted by Crippen LogP contribution is 2.50. The van der Waals surface area contributed by atoms with Crippen molar-refractivity contribution >= 4 is 60.1 Å². The summed E-state index contributed by atoms with van der Waals surface area (Å²) >= 11 is 0. The molecule has 0 N–H and O–H groups in total. The first-order valence-corrected chi connectivity index (χ1v) is 17.6. The maximum Gasteiger partial charge on any atom is 0.275 e. The van der Waals surface area contributed by atoms with Crippen LogP contribution in [-0.2, 0) is 0 Å². The molecule has 8 aromatic rings. The highest BCUT2D eigenvalue weighted by atomic mass is 31.1. The smallest absolute Gasteiger partial charge is 0.275 e. The summed E-state index contributed by atoms with van der Waals surface area (Å²) in [6.07, 6.45) is 0. The maximum atomic E-state index is 7.18. The van der Waals surface area contributed by atoms with Gasteiger partial charge in [-0.05, 0) is 56.6 Å². The molecular formula is C42H30O3P2. The molecule has 0 saturated carbocycles. The summed E-state index contributed by atoms with van der Waals surface area (Å²) < 4.78 is 19.9. The Morgan fingerprint density at radius 1 is 0.383 bits per heavy atom. The van der Waals surface area contributed by atoms with Gasteiger partial charge in [-0.25, -0.2) is 0 Å². The van der Waals surface area contributed by atoms with E-state index in [1.54, 1.807) is 0 Å². The van der Waals surface area contributed by atoms with Crippen molar-refractivity contribution < 1.29 is 13.6 Å². The molecule has 8 aromatic carbocycles. The largest absolute Gasteiger partial charge is 0.464 e. The van der Waals surface area contributed by atoms with Crippen molar-refractivity contribution in [1.29, 1.82) is 0 Å². The standard InChI is InChI=1S/C42H30O3P2/c1-3-17-35(18-4-1)47(36-19-5-2-6-20-36)45-40-28-25-32-15-10-12-22-38(32)42(40)41-37-21-11-9-14-31(37)24-27-39(41)44-46-43-34-26-23-30-13-7-8-16-33(30)29-34/h1-29,46H. The van der Waals surface area contributed by atoms with E-state index < -0.39 is 8.15 Å². The van der Waals surface area contributed by atoms with Crippen LogP contribution in [0.5, 0.6) is 17.2 Å². The molecule has 0 amide bonds. The third-order valence-corrected chi connectivity index (χ3v) is 10.8. The molecule has 0 radical (unpaired) electrons. The number of rotatable bonds is 9. The zero-order valence-corrected chi connectivity index (χ0v) is 27.3. The van der Waals surface area contributed by atoms with Crippen LogP contribution in [0.25, 0.3) is 43.4 Å². The van der Waals surface area contributed by atoms with E-state index in [1.807, 2.05) is 30.3 Å². The Labute approximate surface area is 277 Å². The molecule has 0 heterocycles. The Morgan fingerprint density at radius 3 is 1.51 bits per heavy atom. The highest BCUT2D eigenvalue weighted by Gasteiger charge is 2.23. The summed E-state index contributed by atoms with van der Waals surface area (Å²) in [5, 5.41) is 9.04. The summed E-state index contributed by atoms with van der Waals surface area (Å²) in [6.45, 7) is 0. The Balaban J connectivity index is 1.25. The second-order valence-corrected chi connectivity index (χ2v) is 13.6. The Kier molecular flexibility index (Phi) is 8.25. The van der Waals surface area contributed by atoms with Crippen LogP contribution >= 0.6 is 17.2 Å². The normalized spacial score (nSPS) is 11.5. The minimum absolute atomic E-state index is 0.241. The predicted octanol–water partition coefficient (Wildman–Crippen LogP) is 11.2. The van der Waals surface area contributed by atoms with Gasteiger partial charge in [0.2, 0.25) is 0 Å². The van der Waals surface area contributed by atoms with E-state index in [1.165, 1.54) is 5.39 Å². The van der Waals surface area contributed by atoms with Gasteiger partial charge in [-0.1, -0.05) is 152 Å². The molecule has 0 aliphatic heterocycles. The van der Waals surface area contributed by atoms with Gasteiger partial charge in [0.05, 0.1) is 0 Å². The first-order valence-electron chi connectivity index (χ1n) is 15.5. The lowest BCUT2D eigenvalue weighted by atomic mass is 9.92. The average molecular weight is 645 g/mol. The molecule has 0 spiro atoms. The van der Waals surface area contributed by atoms with Crippen molar-refractivity contribution in [3.63, 3.8) is 0 Å². The molecule has 0 saturated heterocycles. The van der Waals surface area contributed by atoms with Crippen LogP contribution in [0, 0.1) is 0 Å². The van der Waals surface area contributed by atoms with Crippen molar-refractivity contribution in [2.45, 2.75) is 0 Å². The van der Waals surface area contributed by atoms with Gasteiger partial charge in [0.25, 0.3) is 9.03 Å². The van der Waals surface area contributed by atoms with Gasteiger partial charge < -0.3 is 13.6 Å².